The maximum absolute atomic E-state index is 14.2. The van der Waals surface area contributed by atoms with Gasteiger partial charge in [-0.15, -0.1) is 11.8 Å². The Bertz CT molecular complexity index is 859. The van der Waals surface area contributed by atoms with Crippen LogP contribution in [0.4, 0.5) is 4.39 Å². The van der Waals surface area contributed by atoms with Gasteiger partial charge in [0.25, 0.3) is 0 Å². The first-order valence-electron chi connectivity index (χ1n) is 10.3. The van der Waals surface area contributed by atoms with Crippen molar-refractivity contribution in [3.63, 3.8) is 0 Å². The van der Waals surface area contributed by atoms with E-state index >= 15 is 0 Å². The molecule has 2 aromatic carbocycles. The van der Waals surface area contributed by atoms with E-state index in [2.05, 4.69) is 5.32 Å². The van der Waals surface area contributed by atoms with E-state index in [0.29, 0.717) is 11.3 Å². The number of halogens is 1. The Morgan fingerprint density at radius 1 is 1.07 bits per heavy atom. The van der Waals surface area contributed by atoms with E-state index in [1.165, 1.54) is 33.9 Å². The number of amides is 2. The van der Waals surface area contributed by atoms with Crippen LogP contribution in [-0.2, 0) is 21.9 Å². The fraction of sp³-hybridized carbons (Fsp3) is 0.417. The summed E-state index contributed by atoms with van der Waals surface area (Å²) in [6.07, 6.45) is 0.798. The molecule has 2 atom stereocenters. The number of nitrogens with zero attached hydrogens (tertiary/aromatic N) is 1. The Morgan fingerprint density at radius 3 is 2.33 bits per heavy atom. The second-order valence-electron chi connectivity index (χ2n) is 7.53. The lowest BCUT2D eigenvalue weighted by atomic mass is 10.1. The van der Waals surface area contributed by atoms with Crippen molar-refractivity contribution >= 4 is 23.6 Å². The summed E-state index contributed by atoms with van der Waals surface area (Å²) in [6.45, 7) is 7.71. The summed E-state index contributed by atoms with van der Waals surface area (Å²) in [5.41, 5.74) is 2.76. The average Bonchev–Trinajstić information content (AvgIpc) is 2.73. The molecule has 0 unspecified atom stereocenters. The number of rotatable bonds is 10. The number of benzene rings is 2. The van der Waals surface area contributed by atoms with Crippen molar-refractivity contribution in [1.82, 2.24) is 10.2 Å². The minimum Gasteiger partial charge on any atom is -0.352 e. The molecule has 0 spiro atoms. The van der Waals surface area contributed by atoms with Gasteiger partial charge in [-0.2, -0.15) is 0 Å². The van der Waals surface area contributed by atoms with Crippen molar-refractivity contribution in [2.45, 2.75) is 58.5 Å². The molecule has 0 aliphatic heterocycles. The fourth-order valence-corrected chi connectivity index (χ4v) is 3.95. The van der Waals surface area contributed by atoms with Crippen LogP contribution in [0.25, 0.3) is 0 Å². The first-order chi connectivity index (χ1) is 14.3. The third-order valence-corrected chi connectivity index (χ3v) is 6.18. The normalized spacial score (nSPS) is 12.8. The van der Waals surface area contributed by atoms with Crippen molar-refractivity contribution in [2.24, 2.45) is 0 Å². The monoisotopic (exact) mass is 430 g/mol. The van der Waals surface area contributed by atoms with Crippen LogP contribution in [0.2, 0.25) is 0 Å². The quantitative estimate of drug-likeness (QED) is 0.594. The van der Waals surface area contributed by atoms with E-state index in [9.17, 15) is 14.0 Å². The van der Waals surface area contributed by atoms with E-state index in [0.717, 1.165) is 6.42 Å². The first-order valence-corrected chi connectivity index (χ1v) is 11.4. The molecule has 162 valence electrons. The molecule has 0 saturated heterocycles. The van der Waals surface area contributed by atoms with Crippen LogP contribution in [0.1, 0.15) is 43.9 Å². The fourth-order valence-electron chi connectivity index (χ4n) is 2.96. The zero-order valence-corrected chi connectivity index (χ0v) is 19.0. The van der Waals surface area contributed by atoms with Crippen LogP contribution in [0.5, 0.6) is 0 Å². The van der Waals surface area contributed by atoms with Crippen LogP contribution in [-0.4, -0.2) is 34.6 Å². The van der Waals surface area contributed by atoms with Crippen molar-refractivity contribution in [1.29, 1.82) is 0 Å². The second kappa shape index (κ2) is 11.7. The summed E-state index contributed by atoms with van der Waals surface area (Å²) >= 11 is 1.50. The third kappa shape index (κ3) is 6.87. The highest BCUT2D eigenvalue weighted by Crippen LogP contribution is 2.19. The summed E-state index contributed by atoms with van der Waals surface area (Å²) in [6, 6.07) is 13.8. The maximum Gasteiger partial charge on any atom is 0.242 e. The summed E-state index contributed by atoms with van der Waals surface area (Å²) in [5.74, 6) is 0.155. The minimum absolute atomic E-state index is 0.0146. The van der Waals surface area contributed by atoms with Gasteiger partial charge in [0.15, 0.2) is 0 Å². The van der Waals surface area contributed by atoms with E-state index < -0.39 is 6.04 Å². The van der Waals surface area contributed by atoms with Crippen LogP contribution in [0.15, 0.2) is 48.5 Å². The molecule has 0 aromatic heterocycles. The lowest BCUT2D eigenvalue weighted by molar-refractivity contribution is -0.139. The Labute approximate surface area is 183 Å². The number of carbonyl (C=O) groups is 2. The highest BCUT2D eigenvalue weighted by atomic mass is 32.2. The molecular weight excluding hydrogens is 399 g/mol. The molecule has 0 radical (unpaired) electrons. The predicted molar refractivity (Wildman–Crippen MR) is 122 cm³/mol. The first kappa shape index (κ1) is 23.9. The molecular formula is C24H31FN2O2S. The molecule has 1 N–H and O–H groups in total. The molecule has 0 fully saturated rings. The maximum atomic E-state index is 14.2. The summed E-state index contributed by atoms with van der Waals surface area (Å²) < 4.78 is 14.2. The Balaban J connectivity index is 2.10. The minimum atomic E-state index is -0.690. The van der Waals surface area contributed by atoms with Gasteiger partial charge < -0.3 is 10.2 Å². The van der Waals surface area contributed by atoms with Crippen molar-refractivity contribution in [3.8, 4) is 0 Å². The van der Waals surface area contributed by atoms with Gasteiger partial charge in [0.2, 0.25) is 11.8 Å². The highest BCUT2D eigenvalue weighted by Gasteiger charge is 2.27. The summed E-state index contributed by atoms with van der Waals surface area (Å²) in [7, 11) is 0. The number of nitrogens with one attached hydrogen (secondary N) is 1. The van der Waals surface area contributed by atoms with E-state index in [-0.39, 0.29) is 36.0 Å². The van der Waals surface area contributed by atoms with Crippen LogP contribution >= 0.6 is 11.8 Å². The van der Waals surface area contributed by atoms with E-state index in [1.807, 2.05) is 45.0 Å². The van der Waals surface area contributed by atoms with Gasteiger partial charge in [-0.25, -0.2) is 4.39 Å². The zero-order valence-electron chi connectivity index (χ0n) is 18.2. The van der Waals surface area contributed by atoms with Crippen LogP contribution in [0, 0.1) is 12.7 Å². The van der Waals surface area contributed by atoms with Crippen molar-refractivity contribution < 1.29 is 14.0 Å². The largest absolute Gasteiger partial charge is 0.352 e. The molecule has 4 nitrogen and oxygen atoms in total. The topological polar surface area (TPSA) is 49.4 Å². The highest BCUT2D eigenvalue weighted by molar-refractivity contribution is 7.99. The van der Waals surface area contributed by atoms with Gasteiger partial charge in [-0.3, -0.25) is 9.59 Å². The van der Waals surface area contributed by atoms with Crippen LogP contribution in [0.3, 0.4) is 0 Å². The number of thioether (sulfide) groups is 1. The average molecular weight is 431 g/mol. The number of carbonyl (C=O) groups excluding carboxylic acids is 2. The van der Waals surface area contributed by atoms with Gasteiger partial charge in [0.1, 0.15) is 11.9 Å². The Morgan fingerprint density at radius 2 is 1.70 bits per heavy atom. The van der Waals surface area contributed by atoms with Crippen LogP contribution < -0.4 is 5.32 Å². The Hall–Kier alpha value is -2.34. The lowest BCUT2D eigenvalue weighted by Crippen LogP contribution is -2.50. The molecule has 2 amide bonds. The zero-order chi connectivity index (χ0) is 22.1. The summed E-state index contributed by atoms with van der Waals surface area (Å²) in [4.78, 5) is 27.2. The Kier molecular flexibility index (Phi) is 9.37. The van der Waals surface area contributed by atoms with E-state index in [1.54, 1.807) is 25.1 Å². The van der Waals surface area contributed by atoms with Gasteiger partial charge in [0, 0.05) is 23.9 Å². The smallest absolute Gasteiger partial charge is 0.242 e. The summed E-state index contributed by atoms with van der Waals surface area (Å²) in [5, 5.41) is 2.92. The van der Waals surface area contributed by atoms with Crippen molar-refractivity contribution in [3.05, 3.63) is 71.0 Å². The molecule has 0 saturated carbocycles. The van der Waals surface area contributed by atoms with Gasteiger partial charge in [-0.1, -0.05) is 49.4 Å². The second-order valence-corrected chi connectivity index (χ2v) is 8.51. The number of aryl methyl sites for hydroxylation is 1. The van der Waals surface area contributed by atoms with E-state index in [4.69, 9.17) is 0 Å². The molecule has 6 heteroatoms. The number of hydrogen-bond donors (Lipinski definition) is 1. The van der Waals surface area contributed by atoms with Gasteiger partial charge in [-0.05, 0) is 44.4 Å². The molecule has 2 rings (SSSR count). The standard InChI is InChI=1S/C24H31FN2O2S/c1-5-18(3)26-24(29)19(4)27(14-20-11-8-9-13-22(20)25)23(28)16-30-15-21-12-7-6-10-17(21)2/h6-13,18-19H,5,14-16H2,1-4H3,(H,26,29)/t18-,19-/m0/s1. The molecule has 0 aliphatic carbocycles. The molecule has 2 aromatic rings. The molecule has 0 aliphatic rings. The number of hydrogen-bond acceptors (Lipinski definition) is 3. The van der Waals surface area contributed by atoms with Gasteiger partial charge >= 0.3 is 0 Å². The predicted octanol–water partition coefficient (Wildman–Crippen LogP) is 4.70. The van der Waals surface area contributed by atoms with Gasteiger partial charge in [0.05, 0.1) is 5.75 Å². The molecule has 30 heavy (non-hydrogen) atoms. The molecule has 0 bridgehead atoms. The SMILES string of the molecule is CC[C@H](C)NC(=O)[C@H](C)N(Cc1ccccc1F)C(=O)CSCc1ccccc1C. The molecule has 0 heterocycles. The van der Waals surface area contributed by atoms with Crippen molar-refractivity contribution in [2.75, 3.05) is 5.75 Å². The lowest BCUT2D eigenvalue weighted by Gasteiger charge is -2.29. The third-order valence-electron chi connectivity index (χ3n) is 5.21.